The van der Waals surface area contributed by atoms with Gasteiger partial charge >= 0.3 is 17.9 Å². The topological polar surface area (TPSA) is 107 Å². The molecule has 0 saturated heterocycles. The molecule has 3 aromatic carbocycles. The second-order valence-corrected chi connectivity index (χ2v) is 15.6. The number of carbonyl (C=O) groups excluding carboxylic acids is 3. The van der Waals surface area contributed by atoms with Crippen LogP contribution in [0, 0.1) is 27.7 Å². The van der Waals surface area contributed by atoms with Gasteiger partial charge in [-0.2, -0.15) is 0 Å². The van der Waals surface area contributed by atoms with Gasteiger partial charge in [0.2, 0.25) is 0 Å². The molecular formula is C41H54O9. The first-order valence-corrected chi connectivity index (χ1v) is 16.9. The van der Waals surface area contributed by atoms with E-state index in [0.29, 0.717) is 22.8 Å². The molecule has 0 atom stereocenters. The van der Waals surface area contributed by atoms with Gasteiger partial charge in [-0.05, 0) is 160 Å². The van der Waals surface area contributed by atoms with E-state index in [1.54, 1.807) is 24.3 Å². The molecule has 3 aromatic rings. The molecule has 0 aliphatic carbocycles. The fourth-order valence-corrected chi connectivity index (χ4v) is 5.25. The first-order valence-electron chi connectivity index (χ1n) is 16.9. The van der Waals surface area contributed by atoms with E-state index in [9.17, 15) is 14.4 Å². The van der Waals surface area contributed by atoms with Crippen LogP contribution in [0.15, 0.2) is 48.5 Å². The zero-order valence-electron chi connectivity index (χ0n) is 32.0. The lowest BCUT2D eigenvalue weighted by Crippen LogP contribution is -2.27. The van der Waals surface area contributed by atoms with Gasteiger partial charge in [-0.15, -0.1) is 0 Å². The van der Waals surface area contributed by atoms with Gasteiger partial charge in [-0.25, -0.2) is 14.4 Å². The van der Waals surface area contributed by atoms with E-state index in [1.807, 2.05) is 102 Å². The van der Waals surface area contributed by atoms with Gasteiger partial charge in [0, 0.05) is 5.92 Å². The van der Waals surface area contributed by atoms with Crippen LogP contribution in [0.3, 0.4) is 0 Å². The Morgan fingerprint density at radius 2 is 0.940 bits per heavy atom. The summed E-state index contributed by atoms with van der Waals surface area (Å²) in [5, 5.41) is 0. The molecule has 272 valence electrons. The number of ether oxygens (including phenoxy) is 6. The molecular weight excluding hydrogens is 636 g/mol. The Morgan fingerprint density at radius 1 is 0.540 bits per heavy atom. The summed E-state index contributed by atoms with van der Waals surface area (Å²) >= 11 is 0. The highest BCUT2D eigenvalue weighted by atomic mass is 16.6. The van der Waals surface area contributed by atoms with Crippen LogP contribution >= 0.6 is 0 Å². The highest BCUT2D eigenvalue weighted by molar-refractivity contribution is 5.89. The van der Waals surface area contributed by atoms with Crippen molar-refractivity contribution >= 4 is 17.9 Å². The number of carbonyl (C=O) groups is 3. The Morgan fingerprint density at radius 3 is 1.32 bits per heavy atom. The maximum Gasteiger partial charge on any atom is 0.344 e. The van der Waals surface area contributed by atoms with Crippen LogP contribution in [0.2, 0.25) is 0 Å². The van der Waals surface area contributed by atoms with Crippen LogP contribution in [0.5, 0.6) is 17.2 Å². The molecule has 0 spiro atoms. The largest absolute Gasteiger partial charge is 0.493 e. The maximum atomic E-state index is 12.6. The second kappa shape index (κ2) is 16.0. The van der Waals surface area contributed by atoms with E-state index in [2.05, 4.69) is 12.1 Å². The lowest BCUT2D eigenvalue weighted by Gasteiger charge is -2.25. The third-order valence-electron chi connectivity index (χ3n) is 7.31. The predicted molar refractivity (Wildman–Crippen MR) is 193 cm³/mol. The van der Waals surface area contributed by atoms with Gasteiger partial charge in [-0.3, -0.25) is 0 Å². The van der Waals surface area contributed by atoms with Crippen molar-refractivity contribution in [1.29, 1.82) is 0 Å². The molecule has 0 unspecified atom stereocenters. The van der Waals surface area contributed by atoms with Gasteiger partial charge in [0.1, 0.15) is 34.1 Å². The van der Waals surface area contributed by atoms with Crippen molar-refractivity contribution in [3.8, 4) is 17.2 Å². The van der Waals surface area contributed by atoms with Crippen molar-refractivity contribution in [1.82, 2.24) is 0 Å². The summed E-state index contributed by atoms with van der Waals surface area (Å²) in [5.74, 6) is 0.271. The minimum Gasteiger partial charge on any atom is -0.493 e. The standard InChI is InChI=1S/C41H54O9/c1-25-20-34(46-23-36(42)48-39(5,6)7)27(3)18-31(25)33(22-45-30-16-14-29(15-17-30)38(44)50-41(11,12)13)32-19-28(4)35(21-26(32)2)47-24-37(43)49-40(8,9)10/h14-21,33H,22-24H2,1-13H3. The average molecular weight is 691 g/mol. The third kappa shape index (κ3) is 12.4. The minimum atomic E-state index is -0.606. The number of esters is 3. The Bertz CT molecular complexity index is 1580. The van der Waals surface area contributed by atoms with Gasteiger partial charge < -0.3 is 28.4 Å². The summed E-state index contributed by atoms with van der Waals surface area (Å²) in [6, 6.07) is 14.9. The quantitative estimate of drug-likeness (QED) is 0.137. The van der Waals surface area contributed by atoms with Crippen LogP contribution in [-0.2, 0) is 23.8 Å². The van der Waals surface area contributed by atoms with Crippen molar-refractivity contribution in [2.75, 3.05) is 19.8 Å². The fraction of sp³-hybridized carbons (Fsp3) is 0.488. The normalized spacial score (nSPS) is 12.0. The summed E-state index contributed by atoms with van der Waals surface area (Å²) < 4.78 is 34.5. The molecule has 0 bridgehead atoms. The van der Waals surface area contributed by atoms with Crippen molar-refractivity contribution in [3.05, 3.63) is 87.5 Å². The number of aryl methyl sites for hydroxylation is 4. The van der Waals surface area contributed by atoms with Gasteiger partial charge in [0.25, 0.3) is 0 Å². The first kappa shape index (κ1) is 39.9. The van der Waals surface area contributed by atoms with Gasteiger partial charge in [-0.1, -0.05) is 12.1 Å². The number of benzene rings is 3. The maximum absolute atomic E-state index is 12.6. The van der Waals surface area contributed by atoms with E-state index < -0.39 is 34.7 Å². The van der Waals surface area contributed by atoms with Gasteiger partial charge in [0.05, 0.1) is 12.2 Å². The van der Waals surface area contributed by atoms with Crippen LogP contribution in [-0.4, -0.2) is 54.5 Å². The summed E-state index contributed by atoms with van der Waals surface area (Å²) in [4.78, 5) is 37.2. The smallest absolute Gasteiger partial charge is 0.344 e. The van der Waals surface area contributed by atoms with Crippen LogP contribution in [0.25, 0.3) is 0 Å². The number of rotatable bonds is 12. The molecule has 0 heterocycles. The lowest BCUT2D eigenvalue weighted by molar-refractivity contribution is -0.158. The van der Waals surface area contributed by atoms with Crippen LogP contribution < -0.4 is 14.2 Å². The summed E-state index contributed by atoms with van der Waals surface area (Å²) in [6.07, 6.45) is 0. The molecule has 0 aliphatic heterocycles. The second-order valence-electron chi connectivity index (χ2n) is 15.6. The van der Waals surface area contributed by atoms with Crippen molar-refractivity contribution in [3.63, 3.8) is 0 Å². The first-order chi connectivity index (χ1) is 23.0. The molecule has 3 rings (SSSR count). The van der Waals surface area contributed by atoms with Crippen molar-refractivity contribution in [2.24, 2.45) is 0 Å². The lowest BCUT2D eigenvalue weighted by atomic mass is 9.84. The summed E-state index contributed by atoms with van der Waals surface area (Å²) in [5.41, 5.74) is 4.26. The number of hydrogen-bond donors (Lipinski definition) is 0. The molecule has 0 radical (unpaired) electrons. The van der Waals surface area contributed by atoms with Crippen molar-refractivity contribution < 1.29 is 42.8 Å². The molecule has 0 fully saturated rings. The molecule has 0 saturated carbocycles. The van der Waals surface area contributed by atoms with E-state index in [4.69, 9.17) is 28.4 Å². The predicted octanol–water partition coefficient (Wildman–Crippen LogP) is 8.53. The van der Waals surface area contributed by atoms with Crippen LogP contribution in [0.1, 0.15) is 112 Å². The van der Waals surface area contributed by atoms with Crippen LogP contribution in [0.4, 0.5) is 0 Å². The molecule has 0 aliphatic rings. The van der Waals surface area contributed by atoms with Gasteiger partial charge in [0.15, 0.2) is 13.2 Å². The molecule has 50 heavy (non-hydrogen) atoms. The molecule has 0 amide bonds. The highest BCUT2D eigenvalue weighted by Crippen LogP contribution is 2.36. The Hall–Kier alpha value is -4.53. The summed E-state index contributed by atoms with van der Waals surface area (Å²) in [7, 11) is 0. The SMILES string of the molecule is Cc1cc(C(COc2ccc(C(=O)OC(C)(C)C)cc2)c2cc(C)c(OCC(=O)OC(C)(C)C)cc2C)c(C)cc1OCC(=O)OC(C)(C)C. The Kier molecular flexibility index (Phi) is 12.8. The fourth-order valence-electron chi connectivity index (χ4n) is 5.25. The zero-order chi connectivity index (χ0) is 37.6. The molecule has 0 aromatic heterocycles. The van der Waals surface area contributed by atoms with E-state index >= 15 is 0 Å². The zero-order valence-corrected chi connectivity index (χ0v) is 32.0. The third-order valence-corrected chi connectivity index (χ3v) is 7.31. The van der Waals surface area contributed by atoms with Crippen molar-refractivity contribution in [2.45, 2.75) is 113 Å². The summed E-state index contributed by atoms with van der Waals surface area (Å²) in [6.45, 7) is 24.1. The van der Waals surface area contributed by atoms with E-state index in [-0.39, 0.29) is 25.7 Å². The number of hydrogen-bond acceptors (Lipinski definition) is 9. The Labute approximate surface area is 297 Å². The molecule has 9 heteroatoms. The molecule has 9 nitrogen and oxygen atoms in total. The highest BCUT2D eigenvalue weighted by Gasteiger charge is 2.24. The van der Waals surface area contributed by atoms with E-state index in [0.717, 1.165) is 33.4 Å². The molecule has 0 N–H and O–H groups in total. The monoisotopic (exact) mass is 690 g/mol. The Balaban J connectivity index is 1.94. The average Bonchev–Trinajstić information content (AvgIpc) is 2.96. The van der Waals surface area contributed by atoms with E-state index in [1.165, 1.54) is 0 Å². The minimum absolute atomic E-state index is 0.203.